The fourth-order valence-corrected chi connectivity index (χ4v) is 2.09. The van der Waals surface area contributed by atoms with Gasteiger partial charge in [0.2, 0.25) is 0 Å². The minimum atomic E-state index is 0.398. The molecule has 3 rings (SSSR count). The van der Waals surface area contributed by atoms with Crippen LogP contribution in [-0.4, -0.2) is 26.4 Å². The molecule has 2 aromatic heterocycles. The molecule has 6 nitrogen and oxygen atoms in total. The maximum atomic E-state index is 5.62. The van der Waals surface area contributed by atoms with Gasteiger partial charge >= 0.3 is 0 Å². The molecule has 3 heterocycles. The number of furan rings is 2. The Labute approximate surface area is 128 Å². The molecule has 4 bridgehead atoms. The molecule has 120 valence electrons. The van der Waals surface area contributed by atoms with Gasteiger partial charge in [0.05, 0.1) is 26.4 Å². The summed E-state index contributed by atoms with van der Waals surface area (Å²) in [4.78, 5) is 0. The van der Waals surface area contributed by atoms with Crippen LogP contribution in [0.4, 0.5) is 0 Å². The summed E-state index contributed by atoms with van der Waals surface area (Å²) in [6.45, 7) is 3.77. The summed E-state index contributed by atoms with van der Waals surface area (Å²) in [7, 11) is 0. The van der Waals surface area contributed by atoms with Gasteiger partial charge in [0.25, 0.3) is 0 Å². The van der Waals surface area contributed by atoms with Crippen LogP contribution in [0.2, 0.25) is 0 Å². The highest BCUT2D eigenvalue weighted by atomic mass is 16.5. The van der Waals surface area contributed by atoms with Crippen LogP contribution in [0.3, 0.4) is 0 Å². The lowest BCUT2D eigenvalue weighted by Crippen LogP contribution is -2.09. The summed E-state index contributed by atoms with van der Waals surface area (Å²) in [5.74, 6) is 3.10. The van der Waals surface area contributed by atoms with Crippen molar-refractivity contribution in [1.82, 2.24) is 0 Å². The van der Waals surface area contributed by atoms with E-state index in [9.17, 15) is 0 Å². The molecular formula is C16H20O6. The summed E-state index contributed by atoms with van der Waals surface area (Å²) >= 11 is 0. The molecule has 0 N–H and O–H groups in total. The zero-order valence-corrected chi connectivity index (χ0v) is 12.4. The first-order valence-corrected chi connectivity index (χ1v) is 7.36. The first kappa shape index (κ1) is 15.3. The zero-order valence-electron chi connectivity index (χ0n) is 12.4. The summed E-state index contributed by atoms with van der Waals surface area (Å²) in [5.41, 5.74) is 0. The average molecular weight is 308 g/mol. The van der Waals surface area contributed by atoms with Crippen LogP contribution >= 0.6 is 0 Å². The molecule has 0 radical (unpaired) electrons. The normalized spacial score (nSPS) is 18.5. The van der Waals surface area contributed by atoms with E-state index < -0.39 is 0 Å². The lowest BCUT2D eigenvalue weighted by atomic mass is 10.4. The van der Waals surface area contributed by atoms with Gasteiger partial charge < -0.3 is 27.8 Å². The fourth-order valence-electron chi connectivity index (χ4n) is 2.09. The van der Waals surface area contributed by atoms with E-state index in [-0.39, 0.29) is 0 Å². The highest BCUT2D eigenvalue weighted by Gasteiger charge is 2.06. The molecule has 0 aliphatic carbocycles. The minimum Gasteiger partial charge on any atom is -0.461 e. The van der Waals surface area contributed by atoms with Crippen LogP contribution in [0.25, 0.3) is 0 Å². The van der Waals surface area contributed by atoms with Crippen molar-refractivity contribution in [2.45, 2.75) is 26.4 Å². The van der Waals surface area contributed by atoms with Gasteiger partial charge in [-0.1, -0.05) is 0 Å². The molecule has 1 aliphatic rings. The van der Waals surface area contributed by atoms with Crippen molar-refractivity contribution in [1.29, 1.82) is 0 Å². The Hall–Kier alpha value is -1.60. The Morgan fingerprint density at radius 2 is 0.818 bits per heavy atom. The van der Waals surface area contributed by atoms with Crippen LogP contribution in [0.15, 0.2) is 33.1 Å². The van der Waals surface area contributed by atoms with Crippen LogP contribution < -0.4 is 0 Å². The van der Waals surface area contributed by atoms with E-state index >= 15 is 0 Å². The average Bonchev–Trinajstić information content (AvgIpc) is 3.15. The Morgan fingerprint density at radius 3 is 1.27 bits per heavy atom. The van der Waals surface area contributed by atoms with Gasteiger partial charge in [-0.05, 0) is 24.3 Å². The van der Waals surface area contributed by atoms with Crippen molar-refractivity contribution in [2.24, 2.45) is 0 Å². The van der Waals surface area contributed by atoms with Gasteiger partial charge in [-0.2, -0.15) is 0 Å². The SMILES string of the molecule is c1cc2oc1COCCOCCOCc1ccc(o1)COC2. The Kier molecular flexibility index (Phi) is 5.66. The second-order valence-corrected chi connectivity index (χ2v) is 4.95. The molecule has 0 aromatic carbocycles. The van der Waals surface area contributed by atoms with E-state index in [2.05, 4.69) is 0 Å². The highest BCUT2D eigenvalue weighted by molar-refractivity contribution is 5.07. The monoisotopic (exact) mass is 308 g/mol. The van der Waals surface area contributed by atoms with Gasteiger partial charge in [-0.25, -0.2) is 0 Å². The van der Waals surface area contributed by atoms with E-state index in [0.29, 0.717) is 52.9 Å². The van der Waals surface area contributed by atoms with Gasteiger partial charge in [0.1, 0.15) is 49.5 Å². The largest absolute Gasteiger partial charge is 0.461 e. The number of hydrogen-bond acceptors (Lipinski definition) is 6. The summed E-state index contributed by atoms with van der Waals surface area (Å²) in [6.07, 6.45) is 0. The standard InChI is InChI=1S/C16H20O6/c1-3-15-11-20-12-16-4-2-14(22-16)10-19-8-6-17-5-7-18-9-13(1)21-15/h1-4H,5-12H2. The van der Waals surface area contributed by atoms with Crippen LogP contribution in [0.5, 0.6) is 0 Å². The molecule has 22 heavy (non-hydrogen) atoms. The summed E-state index contributed by atoms with van der Waals surface area (Å²) in [5, 5.41) is 0. The summed E-state index contributed by atoms with van der Waals surface area (Å²) < 4.78 is 33.2. The van der Waals surface area contributed by atoms with Crippen LogP contribution in [0, 0.1) is 0 Å². The highest BCUT2D eigenvalue weighted by Crippen LogP contribution is 2.14. The van der Waals surface area contributed by atoms with Crippen LogP contribution in [0.1, 0.15) is 23.0 Å². The topological polar surface area (TPSA) is 63.2 Å². The molecule has 2 aromatic rings. The lowest BCUT2D eigenvalue weighted by Gasteiger charge is -2.06. The molecular weight excluding hydrogens is 288 g/mol. The maximum Gasteiger partial charge on any atom is 0.130 e. The Morgan fingerprint density at radius 1 is 0.455 bits per heavy atom. The molecule has 0 fully saturated rings. The third-order valence-corrected chi connectivity index (χ3v) is 3.16. The molecule has 6 heteroatoms. The van der Waals surface area contributed by atoms with Gasteiger partial charge in [0.15, 0.2) is 0 Å². The molecule has 0 atom stereocenters. The van der Waals surface area contributed by atoms with E-state index in [1.54, 1.807) is 0 Å². The first-order valence-electron chi connectivity index (χ1n) is 7.36. The predicted octanol–water partition coefficient (Wildman–Crippen LogP) is 2.65. The van der Waals surface area contributed by atoms with Gasteiger partial charge in [-0.3, -0.25) is 0 Å². The van der Waals surface area contributed by atoms with Gasteiger partial charge in [0, 0.05) is 0 Å². The quantitative estimate of drug-likeness (QED) is 0.745. The molecule has 0 spiro atoms. The molecule has 1 aliphatic heterocycles. The second-order valence-electron chi connectivity index (χ2n) is 4.95. The second kappa shape index (κ2) is 8.14. The number of rotatable bonds is 0. The van der Waals surface area contributed by atoms with E-state index in [4.69, 9.17) is 27.8 Å². The third kappa shape index (κ3) is 4.71. The van der Waals surface area contributed by atoms with Crippen molar-refractivity contribution < 1.29 is 27.8 Å². The first-order chi connectivity index (χ1) is 10.9. The molecule has 0 unspecified atom stereocenters. The Balaban J connectivity index is 1.57. The van der Waals surface area contributed by atoms with Crippen molar-refractivity contribution in [3.8, 4) is 0 Å². The van der Waals surface area contributed by atoms with Crippen molar-refractivity contribution in [2.75, 3.05) is 26.4 Å². The van der Waals surface area contributed by atoms with E-state index in [1.807, 2.05) is 24.3 Å². The zero-order chi connectivity index (χ0) is 15.0. The van der Waals surface area contributed by atoms with Gasteiger partial charge in [-0.15, -0.1) is 0 Å². The van der Waals surface area contributed by atoms with E-state index in [1.165, 1.54) is 0 Å². The summed E-state index contributed by atoms with van der Waals surface area (Å²) in [6, 6.07) is 7.58. The third-order valence-electron chi connectivity index (χ3n) is 3.16. The molecule has 0 saturated carbocycles. The lowest BCUT2D eigenvalue weighted by molar-refractivity contribution is -0.000170. The predicted molar refractivity (Wildman–Crippen MR) is 76.0 cm³/mol. The van der Waals surface area contributed by atoms with Crippen LogP contribution in [-0.2, 0) is 45.4 Å². The molecule has 0 saturated heterocycles. The van der Waals surface area contributed by atoms with E-state index in [0.717, 1.165) is 23.0 Å². The van der Waals surface area contributed by atoms with Crippen molar-refractivity contribution in [3.05, 3.63) is 47.3 Å². The fraction of sp³-hybridized carbons (Fsp3) is 0.500. The maximum absolute atomic E-state index is 5.62. The smallest absolute Gasteiger partial charge is 0.130 e. The Bertz CT molecular complexity index is 510. The number of hydrogen-bond donors (Lipinski definition) is 0. The minimum absolute atomic E-state index is 0.398. The van der Waals surface area contributed by atoms with Crippen molar-refractivity contribution in [3.63, 3.8) is 0 Å². The number of fused-ring (bicyclic) bond motifs is 4. The number of ether oxygens (including phenoxy) is 4. The van der Waals surface area contributed by atoms with Crippen molar-refractivity contribution >= 4 is 0 Å². The molecule has 0 amide bonds.